The van der Waals surface area contributed by atoms with Crippen molar-refractivity contribution in [3.63, 3.8) is 0 Å². The van der Waals surface area contributed by atoms with Crippen LogP contribution in [0.15, 0.2) is 54.6 Å². The lowest BCUT2D eigenvalue weighted by molar-refractivity contribution is -0.124. The van der Waals surface area contributed by atoms with Crippen molar-refractivity contribution in [2.75, 3.05) is 18.0 Å². The van der Waals surface area contributed by atoms with E-state index in [1.807, 2.05) is 68.4 Å². The Labute approximate surface area is 155 Å². The molecule has 0 heterocycles. The smallest absolute Gasteiger partial charge is 0.223 e. The van der Waals surface area contributed by atoms with Gasteiger partial charge >= 0.3 is 0 Å². The molecule has 0 aliphatic carbocycles. The number of anilines is 1. The number of rotatable bonds is 8. The molecule has 138 valence electrons. The molecule has 0 aromatic heterocycles. The topological polar surface area (TPSA) is 58.6 Å². The maximum absolute atomic E-state index is 11.9. The minimum absolute atomic E-state index is 0.0156. The maximum Gasteiger partial charge on any atom is 0.223 e. The molecule has 2 rings (SSSR count). The van der Waals surface area contributed by atoms with Crippen molar-refractivity contribution < 1.29 is 14.3 Å². The number of carbonyl (C=O) groups is 2. The number of hydrogen-bond acceptors (Lipinski definition) is 3. The molecule has 0 atom stereocenters. The van der Waals surface area contributed by atoms with Crippen LogP contribution >= 0.6 is 0 Å². The summed E-state index contributed by atoms with van der Waals surface area (Å²) in [4.78, 5) is 25.2. The largest absolute Gasteiger partial charge is 0.489 e. The Hall–Kier alpha value is -2.82. The van der Waals surface area contributed by atoms with Gasteiger partial charge in [0, 0.05) is 31.6 Å². The molecule has 2 amide bonds. The quantitative estimate of drug-likeness (QED) is 0.790. The van der Waals surface area contributed by atoms with E-state index in [9.17, 15) is 9.59 Å². The van der Waals surface area contributed by atoms with E-state index in [0.717, 1.165) is 17.0 Å². The van der Waals surface area contributed by atoms with Crippen LogP contribution in [0.4, 0.5) is 5.69 Å². The molecule has 0 saturated carbocycles. The van der Waals surface area contributed by atoms with Gasteiger partial charge < -0.3 is 15.0 Å². The number of hydrogen-bond donors (Lipinski definition) is 1. The zero-order chi connectivity index (χ0) is 18.9. The molecule has 0 aliphatic rings. The van der Waals surface area contributed by atoms with Gasteiger partial charge in [0.05, 0.1) is 0 Å². The number of benzene rings is 2. The summed E-state index contributed by atoms with van der Waals surface area (Å²) in [5, 5.41) is 2.83. The van der Waals surface area contributed by atoms with E-state index in [0.29, 0.717) is 19.7 Å². The second-order valence-electron chi connectivity index (χ2n) is 6.38. The van der Waals surface area contributed by atoms with Crippen molar-refractivity contribution in [1.29, 1.82) is 0 Å². The Balaban J connectivity index is 1.92. The van der Waals surface area contributed by atoms with Crippen LogP contribution < -0.4 is 15.0 Å². The highest BCUT2D eigenvalue weighted by molar-refractivity contribution is 5.91. The summed E-state index contributed by atoms with van der Waals surface area (Å²) in [6.45, 7) is 6.54. The average molecular weight is 354 g/mol. The molecule has 0 fully saturated rings. The van der Waals surface area contributed by atoms with Crippen molar-refractivity contribution in [3.05, 3.63) is 60.2 Å². The fourth-order valence-electron chi connectivity index (χ4n) is 2.43. The first kappa shape index (κ1) is 19.5. The number of carbonyl (C=O) groups excluding carboxylic acids is 2. The third-order valence-corrected chi connectivity index (χ3v) is 3.94. The molecule has 0 aliphatic heterocycles. The lowest BCUT2D eigenvalue weighted by Crippen LogP contribution is -2.38. The molecule has 2 aromatic rings. The molecule has 5 nitrogen and oxygen atoms in total. The zero-order valence-corrected chi connectivity index (χ0v) is 15.6. The van der Waals surface area contributed by atoms with Crippen molar-refractivity contribution in [2.45, 2.75) is 27.4 Å². The normalized spacial score (nSPS) is 10.5. The lowest BCUT2D eigenvalue weighted by Gasteiger charge is -2.22. The van der Waals surface area contributed by atoms with Gasteiger partial charge in [0.2, 0.25) is 11.8 Å². The second-order valence-corrected chi connectivity index (χ2v) is 6.38. The Bertz CT molecular complexity index is 712. The summed E-state index contributed by atoms with van der Waals surface area (Å²) < 4.78 is 5.77. The molecule has 26 heavy (non-hydrogen) atoms. The maximum atomic E-state index is 11.9. The van der Waals surface area contributed by atoms with Crippen LogP contribution in [0.2, 0.25) is 0 Å². The van der Waals surface area contributed by atoms with E-state index in [2.05, 4.69) is 5.32 Å². The first-order chi connectivity index (χ1) is 12.5. The number of amides is 2. The van der Waals surface area contributed by atoms with E-state index in [4.69, 9.17) is 4.74 Å². The SMILES string of the molecule is CC(=O)N(CCNC(=O)C(C)C)c1ccc(OCc2ccccc2)cc1. The van der Waals surface area contributed by atoms with Crippen LogP contribution in [-0.2, 0) is 16.2 Å². The minimum Gasteiger partial charge on any atom is -0.489 e. The zero-order valence-electron chi connectivity index (χ0n) is 15.6. The van der Waals surface area contributed by atoms with Crippen molar-refractivity contribution >= 4 is 17.5 Å². The number of nitrogens with one attached hydrogen (secondary N) is 1. The van der Waals surface area contributed by atoms with Crippen LogP contribution in [0.1, 0.15) is 26.3 Å². The molecule has 0 bridgehead atoms. The van der Waals surface area contributed by atoms with Gasteiger partial charge in [0.15, 0.2) is 0 Å². The van der Waals surface area contributed by atoms with Crippen molar-refractivity contribution in [1.82, 2.24) is 5.32 Å². The molecule has 1 N–H and O–H groups in total. The fraction of sp³-hybridized carbons (Fsp3) is 0.333. The highest BCUT2D eigenvalue weighted by atomic mass is 16.5. The molecule has 2 aromatic carbocycles. The van der Waals surface area contributed by atoms with Crippen molar-refractivity contribution in [2.24, 2.45) is 5.92 Å². The van der Waals surface area contributed by atoms with E-state index in [-0.39, 0.29) is 17.7 Å². The van der Waals surface area contributed by atoms with Gasteiger partial charge in [-0.3, -0.25) is 9.59 Å². The number of ether oxygens (including phenoxy) is 1. The van der Waals surface area contributed by atoms with Gasteiger partial charge in [-0.25, -0.2) is 0 Å². The predicted molar refractivity (Wildman–Crippen MR) is 103 cm³/mol. The molecule has 0 spiro atoms. The van der Waals surface area contributed by atoms with E-state index in [1.54, 1.807) is 4.90 Å². The van der Waals surface area contributed by atoms with Gasteiger partial charge in [0.1, 0.15) is 12.4 Å². The highest BCUT2D eigenvalue weighted by Gasteiger charge is 2.13. The molecule has 0 unspecified atom stereocenters. The molecular weight excluding hydrogens is 328 g/mol. The highest BCUT2D eigenvalue weighted by Crippen LogP contribution is 2.20. The van der Waals surface area contributed by atoms with Crippen LogP contribution in [-0.4, -0.2) is 24.9 Å². The predicted octanol–water partition coefficient (Wildman–Crippen LogP) is 3.39. The van der Waals surface area contributed by atoms with E-state index >= 15 is 0 Å². The van der Waals surface area contributed by atoms with E-state index in [1.165, 1.54) is 6.92 Å². The van der Waals surface area contributed by atoms with Crippen LogP contribution in [0.5, 0.6) is 5.75 Å². The van der Waals surface area contributed by atoms with Crippen LogP contribution in [0.25, 0.3) is 0 Å². The molecular formula is C21H26N2O3. The summed E-state index contributed by atoms with van der Waals surface area (Å²) >= 11 is 0. The monoisotopic (exact) mass is 354 g/mol. The Morgan fingerprint density at radius 1 is 1.04 bits per heavy atom. The standard InChI is InChI=1S/C21H26N2O3/c1-16(2)21(25)22-13-14-23(17(3)24)19-9-11-20(12-10-19)26-15-18-7-5-4-6-8-18/h4-12,16H,13-15H2,1-3H3,(H,22,25). The van der Waals surface area contributed by atoms with Gasteiger partial charge in [-0.2, -0.15) is 0 Å². The van der Waals surface area contributed by atoms with Gasteiger partial charge in [-0.15, -0.1) is 0 Å². The Morgan fingerprint density at radius 3 is 2.27 bits per heavy atom. The average Bonchev–Trinajstić information content (AvgIpc) is 2.64. The van der Waals surface area contributed by atoms with Gasteiger partial charge in [0.25, 0.3) is 0 Å². The van der Waals surface area contributed by atoms with Crippen LogP contribution in [0, 0.1) is 5.92 Å². The minimum atomic E-state index is -0.0678. The molecule has 0 saturated heterocycles. The third-order valence-electron chi connectivity index (χ3n) is 3.94. The molecule has 0 radical (unpaired) electrons. The summed E-state index contributed by atoms with van der Waals surface area (Å²) in [7, 11) is 0. The fourth-order valence-corrected chi connectivity index (χ4v) is 2.43. The Kier molecular flexibility index (Phi) is 7.21. The summed E-state index contributed by atoms with van der Waals surface area (Å²) in [6, 6.07) is 17.3. The lowest BCUT2D eigenvalue weighted by atomic mass is 10.2. The summed E-state index contributed by atoms with van der Waals surface area (Å²) in [5.74, 6) is 0.593. The van der Waals surface area contributed by atoms with Gasteiger partial charge in [-0.05, 0) is 29.8 Å². The first-order valence-corrected chi connectivity index (χ1v) is 8.80. The number of nitrogens with zero attached hydrogens (tertiary/aromatic N) is 1. The summed E-state index contributed by atoms with van der Waals surface area (Å²) in [6.07, 6.45) is 0. The third kappa shape index (κ3) is 5.92. The second kappa shape index (κ2) is 9.61. The Morgan fingerprint density at radius 2 is 1.69 bits per heavy atom. The van der Waals surface area contributed by atoms with E-state index < -0.39 is 0 Å². The molecule has 5 heteroatoms. The van der Waals surface area contributed by atoms with Crippen LogP contribution in [0.3, 0.4) is 0 Å². The van der Waals surface area contributed by atoms with Gasteiger partial charge in [-0.1, -0.05) is 44.2 Å². The first-order valence-electron chi connectivity index (χ1n) is 8.80. The summed E-state index contributed by atoms with van der Waals surface area (Å²) in [5.41, 5.74) is 1.88. The van der Waals surface area contributed by atoms with Crippen molar-refractivity contribution in [3.8, 4) is 5.75 Å².